The van der Waals surface area contributed by atoms with E-state index in [4.69, 9.17) is 27.9 Å². The van der Waals surface area contributed by atoms with Crippen molar-refractivity contribution in [1.29, 1.82) is 0 Å². The Labute approximate surface area is 158 Å². The molecule has 0 atom stereocenters. The summed E-state index contributed by atoms with van der Waals surface area (Å²) in [7, 11) is 0. The van der Waals surface area contributed by atoms with Crippen LogP contribution in [0, 0.1) is 0 Å². The van der Waals surface area contributed by atoms with Gasteiger partial charge in [-0.2, -0.15) is 0 Å². The monoisotopic (exact) mass is 397 g/mol. The average Bonchev–Trinajstić information content (AvgIpc) is 3.21. The third kappa shape index (κ3) is 4.03. The number of esters is 1. The number of ketones is 1. The number of nitrogens with zero attached hydrogens (tertiary/aromatic N) is 1. The lowest BCUT2D eigenvalue weighted by Gasteiger charge is -2.18. The summed E-state index contributed by atoms with van der Waals surface area (Å²) in [4.78, 5) is 38.0. The minimum absolute atomic E-state index is 0.0304. The number of rotatable bonds is 5. The molecule has 1 aromatic carbocycles. The van der Waals surface area contributed by atoms with Gasteiger partial charge in [0, 0.05) is 13.0 Å². The van der Waals surface area contributed by atoms with E-state index in [2.05, 4.69) is 0 Å². The molecule has 1 fully saturated rings. The summed E-state index contributed by atoms with van der Waals surface area (Å²) in [6, 6.07) is 7.75. The van der Waals surface area contributed by atoms with E-state index in [1.807, 2.05) is 0 Å². The van der Waals surface area contributed by atoms with Gasteiger partial charge in [-0.05, 0) is 36.8 Å². The minimum Gasteiger partial charge on any atom is -0.454 e. The van der Waals surface area contributed by atoms with Crippen LogP contribution in [0.2, 0.25) is 9.36 Å². The molecule has 8 heteroatoms. The molecule has 3 rings (SSSR count). The molecule has 2 aromatic rings. The van der Waals surface area contributed by atoms with Crippen LogP contribution in [0.25, 0.3) is 0 Å². The summed E-state index contributed by atoms with van der Waals surface area (Å²) in [5.41, 5.74) is 0.714. The number of carbonyl (C=O) groups is 3. The van der Waals surface area contributed by atoms with Crippen LogP contribution in [0.3, 0.4) is 0 Å². The van der Waals surface area contributed by atoms with Crippen molar-refractivity contribution < 1.29 is 19.1 Å². The van der Waals surface area contributed by atoms with Crippen molar-refractivity contribution in [2.75, 3.05) is 18.1 Å². The Bertz CT molecular complexity index is 849. The van der Waals surface area contributed by atoms with Gasteiger partial charge in [-0.15, -0.1) is 11.3 Å². The maximum atomic E-state index is 12.2. The Morgan fingerprint density at radius 1 is 1.20 bits per heavy atom. The van der Waals surface area contributed by atoms with Crippen LogP contribution in [-0.2, 0) is 9.53 Å². The van der Waals surface area contributed by atoms with Gasteiger partial charge < -0.3 is 9.64 Å². The van der Waals surface area contributed by atoms with E-state index in [1.165, 1.54) is 12.1 Å². The molecule has 1 saturated heterocycles. The molecule has 5 nitrogen and oxygen atoms in total. The minimum atomic E-state index is -0.652. The Morgan fingerprint density at radius 2 is 2.00 bits per heavy atom. The number of anilines is 1. The third-order valence-corrected chi connectivity index (χ3v) is 5.32. The second-order valence-corrected chi connectivity index (χ2v) is 7.54. The molecule has 2 heterocycles. The number of ether oxygens (including phenoxy) is 1. The van der Waals surface area contributed by atoms with E-state index < -0.39 is 5.97 Å². The zero-order chi connectivity index (χ0) is 18.0. The maximum Gasteiger partial charge on any atom is 0.338 e. The molecule has 0 N–H and O–H groups in total. The van der Waals surface area contributed by atoms with Crippen molar-refractivity contribution in [3.05, 3.63) is 50.1 Å². The fraction of sp³-hybridized carbons (Fsp3) is 0.235. The number of hydrogen-bond acceptors (Lipinski definition) is 5. The fourth-order valence-corrected chi connectivity index (χ4v) is 3.69. The molecule has 0 unspecified atom stereocenters. The second-order valence-electron chi connectivity index (χ2n) is 5.42. The van der Waals surface area contributed by atoms with E-state index in [1.54, 1.807) is 23.1 Å². The smallest absolute Gasteiger partial charge is 0.338 e. The molecule has 0 radical (unpaired) electrons. The highest BCUT2D eigenvalue weighted by Crippen LogP contribution is 2.30. The summed E-state index contributed by atoms with van der Waals surface area (Å²) < 4.78 is 5.56. The quantitative estimate of drug-likeness (QED) is 0.559. The van der Waals surface area contributed by atoms with Crippen molar-refractivity contribution in [3.63, 3.8) is 0 Å². The number of amides is 1. The first-order valence-electron chi connectivity index (χ1n) is 7.51. The van der Waals surface area contributed by atoms with Gasteiger partial charge in [0.1, 0.15) is 0 Å². The largest absolute Gasteiger partial charge is 0.454 e. The normalized spacial score (nSPS) is 14.0. The lowest BCUT2D eigenvalue weighted by atomic mass is 10.2. The summed E-state index contributed by atoms with van der Waals surface area (Å²) in [6.07, 6.45) is 1.21. The van der Waals surface area contributed by atoms with Crippen molar-refractivity contribution in [3.8, 4) is 0 Å². The summed E-state index contributed by atoms with van der Waals surface area (Å²) in [6.45, 7) is 0.185. The first-order valence-corrected chi connectivity index (χ1v) is 9.08. The van der Waals surface area contributed by atoms with Gasteiger partial charge >= 0.3 is 5.97 Å². The van der Waals surface area contributed by atoms with Gasteiger partial charge in [0.15, 0.2) is 6.61 Å². The highest BCUT2D eigenvalue weighted by atomic mass is 35.5. The topological polar surface area (TPSA) is 63.7 Å². The molecule has 1 aliphatic rings. The maximum absolute atomic E-state index is 12.2. The van der Waals surface area contributed by atoms with Crippen LogP contribution >= 0.6 is 34.5 Å². The molecular formula is C17H13Cl2NO4S. The lowest BCUT2D eigenvalue weighted by Crippen LogP contribution is -2.24. The Morgan fingerprint density at radius 3 is 2.64 bits per heavy atom. The van der Waals surface area contributed by atoms with E-state index in [0.717, 1.165) is 17.8 Å². The molecule has 130 valence electrons. The van der Waals surface area contributed by atoms with Crippen molar-refractivity contribution in [2.45, 2.75) is 12.8 Å². The molecule has 1 aliphatic heterocycles. The van der Waals surface area contributed by atoms with Gasteiger partial charge in [-0.25, -0.2) is 4.79 Å². The highest BCUT2D eigenvalue weighted by Gasteiger charge is 2.25. The predicted molar refractivity (Wildman–Crippen MR) is 97.0 cm³/mol. The fourth-order valence-electron chi connectivity index (χ4n) is 2.50. The second kappa shape index (κ2) is 7.56. The number of hydrogen-bond donors (Lipinski definition) is 0. The van der Waals surface area contributed by atoms with E-state index in [9.17, 15) is 14.4 Å². The summed E-state index contributed by atoms with van der Waals surface area (Å²) >= 11 is 13.1. The molecule has 1 amide bonds. The molecule has 0 spiro atoms. The van der Waals surface area contributed by atoms with Gasteiger partial charge in [-0.3, -0.25) is 9.59 Å². The molecule has 0 saturated carbocycles. The van der Waals surface area contributed by atoms with Crippen LogP contribution in [0.1, 0.15) is 32.9 Å². The van der Waals surface area contributed by atoms with Gasteiger partial charge in [-0.1, -0.05) is 23.2 Å². The van der Waals surface area contributed by atoms with E-state index >= 15 is 0 Å². The van der Waals surface area contributed by atoms with Crippen LogP contribution in [0.15, 0.2) is 30.3 Å². The van der Waals surface area contributed by atoms with Crippen LogP contribution < -0.4 is 4.90 Å². The molecule has 1 aromatic heterocycles. The Kier molecular flexibility index (Phi) is 5.42. The lowest BCUT2D eigenvalue weighted by molar-refractivity contribution is -0.117. The van der Waals surface area contributed by atoms with Crippen molar-refractivity contribution in [2.24, 2.45) is 0 Å². The van der Waals surface area contributed by atoms with Crippen molar-refractivity contribution in [1.82, 2.24) is 0 Å². The number of thiophene rings is 1. The van der Waals surface area contributed by atoms with E-state index in [-0.39, 0.29) is 23.9 Å². The zero-order valence-electron chi connectivity index (χ0n) is 13.0. The first kappa shape index (κ1) is 17.9. The predicted octanol–water partition coefficient (Wildman–Crippen LogP) is 4.22. The van der Waals surface area contributed by atoms with E-state index in [0.29, 0.717) is 32.9 Å². The van der Waals surface area contributed by atoms with Crippen LogP contribution in [0.5, 0.6) is 0 Å². The van der Waals surface area contributed by atoms with Gasteiger partial charge in [0.05, 0.1) is 25.5 Å². The zero-order valence-corrected chi connectivity index (χ0v) is 15.3. The SMILES string of the molecule is O=C(OCC(=O)c1ccc(Cl)s1)c1ccc(Cl)c(N2CCCC2=O)c1. The van der Waals surface area contributed by atoms with Crippen molar-refractivity contribution >= 4 is 57.9 Å². The Hall–Kier alpha value is -1.89. The molecule has 0 bridgehead atoms. The standard InChI is InChI=1S/C17H13Cl2NO4S/c18-11-4-3-10(8-12(11)20-7-1-2-16(20)22)17(23)24-9-13(21)14-5-6-15(19)25-14/h3-6,8H,1-2,7,9H2. The average molecular weight is 398 g/mol. The molecule has 25 heavy (non-hydrogen) atoms. The number of halogens is 2. The molecular weight excluding hydrogens is 385 g/mol. The summed E-state index contributed by atoms with van der Waals surface area (Å²) in [5, 5.41) is 0.385. The number of carbonyl (C=O) groups excluding carboxylic acids is 3. The first-order chi connectivity index (χ1) is 12.0. The third-order valence-electron chi connectivity index (χ3n) is 3.73. The van der Waals surface area contributed by atoms with Crippen LogP contribution in [0.4, 0.5) is 5.69 Å². The summed E-state index contributed by atoms with van der Waals surface area (Å²) in [5.74, 6) is -1.01. The number of Topliss-reactive ketones (excluding diaryl/α,β-unsaturated/α-hetero) is 1. The number of benzene rings is 1. The molecule has 0 aliphatic carbocycles. The van der Waals surface area contributed by atoms with Gasteiger partial charge in [0.2, 0.25) is 11.7 Å². The van der Waals surface area contributed by atoms with Gasteiger partial charge in [0.25, 0.3) is 0 Å². The highest BCUT2D eigenvalue weighted by molar-refractivity contribution is 7.18. The Balaban J connectivity index is 1.70. The van der Waals surface area contributed by atoms with Crippen LogP contribution in [-0.4, -0.2) is 30.8 Å².